The number of nitrogens with one attached hydrogen (secondary N) is 2. The van der Waals surface area contributed by atoms with Gasteiger partial charge in [-0.15, -0.1) is 0 Å². The van der Waals surface area contributed by atoms with Crippen LogP contribution in [0, 0.1) is 0 Å². The molecule has 0 amide bonds. The van der Waals surface area contributed by atoms with Crippen LogP contribution in [-0.2, 0) is 0 Å². The lowest BCUT2D eigenvalue weighted by atomic mass is 10.2. The summed E-state index contributed by atoms with van der Waals surface area (Å²) in [7, 11) is 0. The van der Waals surface area contributed by atoms with Crippen LogP contribution in [0.5, 0.6) is 0 Å². The molecule has 0 spiro atoms. The number of rotatable bonds is 2. The van der Waals surface area contributed by atoms with E-state index in [1.807, 2.05) is 0 Å². The van der Waals surface area contributed by atoms with Crippen LogP contribution in [0.25, 0.3) is 0 Å². The van der Waals surface area contributed by atoms with E-state index in [1.165, 1.54) is 12.8 Å². The molecule has 1 aliphatic heterocycles. The van der Waals surface area contributed by atoms with Crippen molar-refractivity contribution in [2.75, 3.05) is 13.2 Å². The molecule has 0 aliphatic carbocycles. The molecule has 0 aromatic heterocycles. The minimum Gasteiger partial charge on any atom is -0.303 e. The summed E-state index contributed by atoms with van der Waals surface area (Å²) in [6.45, 7) is 4.39. The third-order valence-electron chi connectivity index (χ3n) is 1.54. The standard InChI is InChI=1S/C6H14N2/c1-2-3-6-4-7-5-8-6/h6-8H,2-5H2,1H3. The molecule has 0 aromatic carbocycles. The first kappa shape index (κ1) is 6.05. The molecule has 0 aromatic rings. The first-order valence-corrected chi connectivity index (χ1v) is 3.37. The SMILES string of the molecule is CCCC1CNCN1. The van der Waals surface area contributed by atoms with Crippen molar-refractivity contribution in [3.05, 3.63) is 0 Å². The molecular formula is C6H14N2. The molecule has 8 heavy (non-hydrogen) atoms. The largest absolute Gasteiger partial charge is 0.303 e. The lowest BCUT2D eigenvalue weighted by molar-refractivity contribution is 0.573. The van der Waals surface area contributed by atoms with Crippen LogP contribution < -0.4 is 10.6 Å². The van der Waals surface area contributed by atoms with E-state index < -0.39 is 0 Å². The van der Waals surface area contributed by atoms with E-state index in [1.54, 1.807) is 0 Å². The van der Waals surface area contributed by atoms with E-state index in [9.17, 15) is 0 Å². The molecule has 1 saturated heterocycles. The molecule has 48 valence electrons. The van der Waals surface area contributed by atoms with Crippen molar-refractivity contribution >= 4 is 0 Å². The predicted molar refractivity (Wildman–Crippen MR) is 34.7 cm³/mol. The van der Waals surface area contributed by atoms with Gasteiger partial charge in [0, 0.05) is 19.3 Å². The van der Waals surface area contributed by atoms with Gasteiger partial charge in [0.05, 0.1) is 0 Å². The van der Waals surface area contributed by atoms with Crippen molar-refractivity contribution in [1.82, 2.24) is 10.6 Å². The van der Waals surface area contributed by atoms with Crippen molar-refractivity contribution in [2.45, 2.75) is 25.8 Å². The van der Waals surface area contributed by atoms with Crippen molar-refractivity contribution < 1.29 is 0 Å². The quantitative estimate of drug-likeness (QED) is 0.539. The summed E-state index contributed by atoms with van der Waals surface area (Å²) in [4.78, 5) is 0. The summed E-state index contributed by atoms with van der Waals surface area (Å²) in [6.07, 6.45) is 2.60. The minimum atomic E-state index is 0.750. The van der Waals surface area contributed by atoms with Crippen LogP contribution >= 0.6 is 0 Å². The first-order valence-electron chi connectivity index (χ1n) is 3.37. The molecule has 2 N–H and O–H groups in total. The van der Waals surface area contributed by atoms with E-state index in [2.05, 4.69) is 17.6 Å². The normalized spacial score (nSPS) is 28.9. The van der Waals surface area contributed by atoms with Gasteiger partial charge in [0.25, 0.3) is 0 Å². The summed E-state index contributed by atoms with van der Waals surface area (Å²) in [5.41, 5.74) is 0. The van der Waals surface area contributed by atoms with E-state index in [4.69, 9.17) is 0 Å². The van der Waals surface area contributed by atoms with Gasteiger partial charge in [-0.25, -0.2) is 0 Å². The molecule has 1 heterocycles. The Kier molecular flexibility index (Phi) is 2.30. The second kappa shape index (κ2) is 3.05. The third kappa shape index (κ3) is 1.46. The number of hydrogen-bond acceptors (Lipinski definition) is 2. The molecule has 1 unspecified atom stereocenters. The third-order valence-corrected chi connectivity index (χ3v) is 1.54. The molecule has 0 bridgehead atoms. The van der Waals surface area contributed by atoms with E-state index in [0.717, 1.165) is 19.3 Å². The van der Waals surface area contributed by atoms with E-state index in [-0.39, 0.29) is 0 Å². The molecule has 0 radical (unpaired) electrons. The molecule has 2 heteroatoms. The van der Waals surface area contributed by atoms with Crippen LogP contribution in [0.1, 0.15) is 19.8 Å². The Labute approximate surface area is 50.7 Å². The zero-order valence-corrected chi connectivity index (χ0v) is 5.41. The van der Waals surface area contributed by atoms with Crippen molar-refractivity contribution in [3.8, 4) is 0 Å². The van der Waals surface area contributed by atoms with Gasteiger partial charge < -0.3 is 10.6 Å². The zero-order valence-electron chi connectivity index (χ0n) is 5.41. The van der Waals surface area contributed by atoms with Gasteiger partial charge in [-0.3, -0.25) is 0 Å². The van der Waals surface area contributed by atoms with Crippen molar-refractivity contribution in [2.24, 2.45) is 0 Å². The Balaban J connectivity index is 2.06. The second-order valence-electron chi connectivity index (χ2n) is 2.32. The van der Waals surface area contributed by atoms with Gasteiger partial charge in [-0.2, -0.15) is 0 Å². The zero-order chi connectivity index (χ0) is 5.82. The van der Waals surface area contributed by atoms with Gasteiger partial charge in [-0.05, 0) is 6.42 Å². The molecule has 1 rings (SSSR count). The summed E-state index contributed by atoms with van der Waals surface area (Å²) in [5.74, 6) is 0. The maximum absolute atomic E-state index is 3.35. The van der Waals surface area contributed by atoms with Crippen molar-refractivity contribution in [1.29, 1.82) is 0 Å². The van der Waals surface area contributed by atoms with E-state index >= 15 is 0 Å². The van der Waals surface area contributed by atoms with E-state index in [0.29, 0.717) is 0 Å². The lowest BCUT2D eigenvalue weighted by Gasteiger charge is -2.04. The Morgan fingerprint density at radius 3 is 3.00 bits per heavy atom. The average molecular weight is 114 g/mol. The van der Waals surface area contributed by atoms with Gasteiger partial charge in [0.2, 0.25) is 0 Å². The molecule has 1 atom stereocenters. The lowest BCUT2D eigenvalue weighted by Crippen LogP contribution is -2.22. The fourth-order valence-corrected chi connectivity index (χ4v) is 1.09. The highest BCUT2D eigenvalue weighted by Gasteiger charge is 2.10. The topological polar surface area (TPSA) is 24.1 Å². The fraction of sp³-hybridized carbons (Fsp3) is 1.00. The summed E-state index contributed by atoms with van der Waals surface area (Å²) < 4.78 is 0. The number of hydrogen-bond donors (Lipinski definition) is 2. The Morgan fingerprint density at radius 1 is 1.62 bits per heavy atom. The molecule has 1 aliphatic rings. The van der Waals surface area contributed by atoms with Crippen LogP contribution in [-0.4, -0.2) is 19.3 Å². The Morgan fingerprint density at radius 2 is 2.50 bits per heavy atom. The Bertz CT molecular complexity index is 57.5. The fourth-order valence-electron chi connectivity index (χ4n) is 1.09. The summed E-state index contributed by atoms with van der Waals surface area (Å²) >= 11 is 0. The molecule has 2 nitrogen and oxygen atoms in total. The van der Waals surface area contributed by atoms with Crippen LogP contribution in [0.2, 0.25) is 0 Å². The Hall–Kier alpha value is -0.0800. The molecule has 0 saturated carbocycles. The monoisotopic (exact) mass is 114 g/mol. The summed E-state index contributed by atoms with van der Waals surface area (Å²) in [6, 6.07) is 0.750. The first-order chi connectivity index (χ1) is 3.93. The highest BCUT2D eigenvalue weighted by molar-refractivity contribution is 4.73. The van der Waals surface area contributed by atoms with Gasteiger partial charge in [0.15, 0.2) is 0 Å². The predicted octanol–water partition coefficient (Wildman–Crippen LogP) is 0.305. The van der Waals surface area contributed by atoms with Crippen LogP contribution in [0.4, 0.5) is 0 Å². The van der Waals surface area contributed by atoms with Gasteiger partial charge >= 0.3 is 0 Å². The van der Waals surface area contributed by atoms with Gasteiger partial charge in [-0.1, -0.05) is 13.3 Å². The maximum Gasteiger partial charge on any atom is 0.0457 e. The van der Waals surface area contributed by atoms with Crippen LogP contribution in [0.15, 0.2) is 0 Å². The molecule has 1 fully saturated rings. The average Bonchev–Trinajstić information content (AvgIpc) is 2.19. The van der Waals surface area contributed by atoms with Crippen LogP contribution in [0.3, 0.4) is 0 Å². The minimum absolute atomic E-state index is 0.750. The van der Waals surface area contributed by atoms with Crippen molar-refractivity contribution in [3.63, 3.8) is 0 Å². The molecular weight excluding hydrogens is 100 g/mol. The smallest absolute Gasteiger partial charge is 0.0457 e. The summed E-state index contributed by atoms with van der Waals surface area (Å²) in [5, 5.41) is 6.59. The highest BCUT2D eigenvalue weighted by Crippen LogP contribution is 1.96. The highest BCUT2D eigenvalue weighted by atomic mass is 15.2. The van der Waals surface area contributed by atoms with Gasteiger partial charge in [0.1, 0.15) is 0 Å². The maximum atomic E-state index is 3.35. The second-order valence-corrected chi connectivity index (χ2v) is 2.32.